The number of nitrogens with zero attached hydrogens (tertiary/aromatic N) is 2. The van der Waals surface area contributed by atoms with Crippen molar-refractivity contribution in [2.75, 3.05) is 0 Å². The number of thioether (sulfide) groups is 1. The van der Waals surface area contributed by atoms with Crippen molar-refractivity contribution in [2.45, 2.75) is 23.5 Å². The molecular formula is C24H16F2N2O2S. The summed E-state index contributed by atoms with van der Waals surface area (Å²) in [6.45, 7) is 3.01. The number of hydrogen-bond donors (Lipinski definition) is 0. The normalized spacial score (nSPS) is 11.5. The maximum atomic E-state index is 14.9. The highest BCUT2D eigenvalue weighted by Crippen LogP contribution is 2.40. The van der Waals surface area contributed by atoms with Gasteiger partial charge in [0.05, 0.1) is 11.6 Å². The second kappa shape index (κ2) is 7.97. The minimum absolute atomic E-state index is 0.321. The Morgan fingerprint density at radius 3 is 2.48 bits per heavy atom. The van der Waals surface area contributed by atoms with Gasteiger partial charge in [0.1, 0.15) is 10.6 Å². The van der Waals surface area contributed by atoms with E-state index in [2.05, 4.69) is 16.0 Å². The molecule has 4 aromatic rings. The monoisotopic (exact) mass is 434 g/mol. The maximum Gasteiger partial charge on any atom is 0.364 e. The Hall–Kier alpha value is -3.50. The van der Waals surface area contributed by atoms with Gasteiger partial charge in [-0.15, -0.1) is 11.8 Å². The van der Waals surface area contributed by atoms with Gasteiger partial charge in [0.25, 0.3) is 0 Å². The van der Waals surface area contributed by atoms with Crippen LogP contribution in [0.4, 0.5) is 8.92 Å². The van der Waals surface area contributed by atoms with Crippen LogP contribution in [0.15, 0.2) is 65.8 Å². The van der Waals surface area contributed by atoms with Gasteiger partial charge in [-0.25, -0.2) is 9.18 Å². The fourth-order valence-electron chi connectivity index (χ4n) is 3.54. The minimum Gasteiger partial charge on any atom is -0.263 e. The standard InChI is InChI=1S/C24H16F2N2O2S/c1-24(2,23(29)30-26)31-15-9-19-20(12-28-13-21(19)22(25)10-15)18-8-7-14(11-27)16-5-3-4-6-17(16)18/h3-10,12-13H,1-2H3. The lowest BCUT2D eigenvalue weighted by Gasteiger charge is -2.19. The van der Waals surface area contributed by atoms with Gasteiger partial charge < -0.3 is 0 Å². The Balaban J connectivity index is 1.95. The van der Waals surface area contributed by atoms with Crippen LogP contribution in [0.3, 0.4) is 0 Å². The molecule has 0 fully saturated rings. The second-order valence-electron chi connectivity index (χ2n) is 7.48. The molecule has 7 heteroatoms. The number of hydrogen-bond acceptors (Lipinski definition) is 5. The summed E-state index contributed by atoms with van der Waals surface area (Å²) in [5, 5.41) is 12.0. The summed E-state index contributed by atoms with van der Waals surface area (Å²) in [4.78, 5) is 19.8. The maximum absolute atomic E-state index is 14.9. The molecule has 4 nitrogen and oxygen atoms in total. The lowest BCUT2D eigenvalue weighted by molar-refractivity contribution is -0.185. The summed E-state index contributed by atoms with van der Waals surface area (Å²) in [6, 6.07) is 16.3. The first-order valence-corrected chi connectivity index (χ1v) is 10.2. The molecule has 0 atom stereocenters. The number of aromatic nitrogens is 1. The molecule has 31 heavy (non-hydrogen) atoms. The van der Waals surface area contributed by atoms with Gasteiger partial charge >= 0.3 is 5.97 Å². The number of carbonyl (C=O) groups is 1. The van der Waals surface area contributed by atoms with E-state index in [-0.39, 0.29) is 0 Å². The summed E-state index contributed by atoms with van der Waals surface area (Å²) < 4.78 is 26.1. The first-order chi connectivity index (χ1) is 14.9. The van der Waals surface area contributed by atoms with E-state index in [1.54, 1.807) is 18.3 Å². The molecule has 0 saturated heterocycles. The summed E-state index contributed by atoms with van der Waals surface area (Å²) in [5.74, 6) is -1.55. The molecule has 0 aliphatic rings. The minimum atomic E-state index is -1.25. The average Bonchev–Trinajstić information content (AvgIpc) is 2.77. The molecule has 0 saturated carbocycles. The van der Waals surface area contributed by atoms with Crippen LogP contribution in [0.1, 0.15) is 19.4 Å². The second-order valence-corrected chi connectivity index (χ2v) is 9.18. The van der Waals surface area contributed by atoms with Crippen LogP contribution in [0.5, 0.6) is 0 Å². The summed E-state index contributed by atoms with van der Waals surface area (Å²) in [7, 11) is 0. The zero-order valence-corrected chi connectivity index (χ0v) is 17.5. The third kappa shape index (κ3) is 3.71. The zero-order chi connectivity index (χ0) is 22.2. The fraction of sp³-hybridized carbons (Fsp3) is 0.125. The van der Waals surface area contributed by atoms with E-state index in [1.165, 1.54) is 26.1 Å². The van der Waals surface area contributed by atoms with Crippen LogP contribution in [-0.2, 0) is 9.74 Å². The van der Waals surface area contributed by atoms with Crippen LogP contribution in [-0.4, -0.2) is 15.7 Å². The van der Waals surface area contributed by atoms with E-state index in [1.807, 2.05) is 30.3 Å². The van der Waals surface area contributed by atoms with E-state index in [4.69, 9.17) is 0 Å². The molecule has 154 valence electrons. The Labute approximate surface area is 181 Å². The lowest BCUT2D eigenvalue weighted by atomic mass is 9.93. The van der Waals surface area contributed by atoms with Crippen molar-refractivity contribution >= 4 is 39.3 Å². The van der Waals surface area contributed by atoms with Gasteiger partial charge in [-0.3, -0.25) is 9.93 Å². The Morgan fingerprint density at radius 2 is 1.77 bits per heavy atom. The predicted molar refractivity (Wildman–Crippen MR) is 116 cm³/mol. The number of carbonyl (C=O) groups excluding carboxylic acids is 1. The molecule has 3 aromatic carbocycles. The SMILES string of the molecule is CC(C)(Sc1cc(F)c2cncc(-c3ccc(C#N)c4ccccc34)c2c1)C(=O)OF. The van der Waals surface area contributed by atoms with Crippen molar-refractivity contribution in [1.29, 1.82) is 5.26 Å². The van der Waals surface area contributed by atoms with E-state index >= 15 is 0 Å². The van der Waals surface area contributed by atoms with Crippen molar-refractivity contribution in [2.24, 2.45) is 0 Å². The molecule has 0 radical (unpaired) electrons. The highest BCUT2D eigenvalue weighted by molar-refractivity contribution is 8.01. The molecule has 0 spiro atoms. The molecule has 0 bridgehead atoms. The number of halogens is 2. The molecule has 1 aromatic heterocycles. The molecule has 0 aliphatic carbocycles. The van der Waals surface area contributed by atoms with E-state index < -0.39 is 16.5 Å². The average molecular weight is 434 g/mol. The van der Waals surface area contributed by atoms with Gasteiger partial charge in [-0.1, -0.05) is 30.3 Å². The third-order valence-electron chi connectivity index (χ3n) is 5.07. The molecule has 0 amide bonds. The zero-order valence-electron chi connectivity index (χ0n) is 16.6. The van der Waals surface area contributed by atoms with Crippen molar-refractivity contribution in [3.8, 4) is 17.2 Å². The van der Waals surface area contributed by atoms with Gasteiger partial charge in [0, 0.05) is 38.2 Å². The largest absolute Gasteiger partial charge is 0.364 e. The van der Waals surface area contributed by atoms with E-state index in [0.29, 0.717) is 26.8 Å². The Bertz CT molecular complexity index is 1380. The lowest BCUT2D eigenvalue weighted by Crippen LogP contribution is -2.27. The highest BCUT2D eigenvalue weighted by atomic mass is 32.2. The topological polar surface area (TPSA) is 63.0 Å². The van der Waals surface area contributed by atoms with Crippen LogP contribution >= 0.6 is 11.8 Å². The molecule has 1 heterocycles. The first kappa shape index (κ1) is 20.8. The number of rotatable bonds is 4. The van der Waals surface area contributed by atoms with Crippen LogP contribution < -0.4 is 0 Å². The van der Waals surface area contributed by atoms with Crippen molar-refractivity contribution in [3.05, 3.63) is 72.3 Å². The number of fused-ring (bicyclic) bond motifs is 2. The van der Waals surface area contributed by atoms with Gasteiger partial charge in [0.2, 0.25) is 0 Å². The van der Waals surface area contributed by atoms with Gasteiger partial charge in [-0.05, 0) is 48.4 Å². The third-order valence-corrected chi connectivity index (χ3v) is 6.22. The predicted octanol–water partition coefficient (Wildman–Crippen LogP) is 6.36. The van der Waals surface area contributed by atoms with Crippen LogP contribution in [0.2, 0.25) is 0 Å². The summed E-state index contributed by atoms with van der Waals surface area (Å²) in [6.07, 6.45) is 3.08. The molecule has 0 N–H and O–H groups in total. The smallest absolute Gasteiger partial charge is 0.263 e. The number of pyridine rings is 1. The van der Waals surface area contributed by atoms with Crippen LogP contribution in [0.25, 0.3) is 32.7 Å². The first-order valence-electron chi connectivity index (χ1n) is 9.37. The van der Waals surface area contributed by atoms with Crippen molar-refractivity contribution < 1.29 is 18.7 Å². The summed E-state index contributed by atoms with van der Waals surface area (Å²) >= 11 is 1.00. The molecular weight excluding hydrogens is 418 g/mol. The van der Waals surface area contributed by atoms with Crippen molar-refractivity contribution in [3.63, 3.8) is 0 Å². The fourth-order valence-corrected chi connectivity index (χ4v) is 4.58. The molecule has 0 unspecified atom stereocenters. The molecule has 4 rings (SSSR count). The Morgan fingerprint density at radius 1 is 1.03 bits per heavy atom. The Kier molecular flexibility index (Phi) is 5.34. The van der Waals surface area contributed by atoms with Gasteiger partial charge in [0.15, 0.2) is 0 Å². The van der Waals surface area contributed by atoms with E-state index in [0.717, 1.165) is 28.1 Å². The van der Waals surface area contributed by atoms with Crippen LogP contribution in [0, 0.1) is 17.1 Å². The number of benzene rings is 3. The van der Waals surface area contributed by atoms with Gasteiger partial charge in [-0.2, -0.15) is 5.26 Å². The summed E-state index contributed by atoms with van der Waals surface area (Å²) in [5.41, 5.74) is 2.03. The quantitative estimate of drug-likeness (QED) is 0.350. The number of nitriles is 1. The highest BCUT2D eigenvalue weighted by Gasteiger charge is 2.32. The van der Waals surface area contributed by atoms with Crippen molar-refractivity contribution in [1.82, 2.24) is 4.98 Å². The molecule has 0 aliphatic heterocycles. The van der Waals surface area contributed by atoms with E-state index in [9.17, 15) is 19.0 Å².